The van der Waals surface area contributed by atoms with Gasteiger partial charge in [-0.2, -0.15) is 0 Å². The summed E-state index contributed by atoms with van der Waals surface area (Å²) in [6.07, 6.45) is 7.62. The summed E-state index contributed by atoms with van der Waals surface area (Å²) >= 11 is 0. The summed E-state index contributed by atoms with van der Waals surface area (Å²) in [4.78, 5) is 21.6. The largest absolute Gasteiger partial charge is 0.394 e. The Bertz CT molecular complexity index is 1010. The number of hydrogen-bond acceptors (Lipinski definition) is 4. The van der Waals surface area contributed by atoms with E-state index in [1.54, 1.807) is 12.4 Å². The quantitative estimate of drug-likeness (QED) is 0.786. The number of anilines is 1. The third-order valence-corrected chi connectivity index (χ3v) is 7.10. The smallest absolute Gasteiger partial charge is 0.226 e. The number of aromatic nitrogens is 1. The predicted molar refractivity (Wildman–Crippen MR) is 116 cm³/mol. The summed E-state index contributed by atoms with van der Waals surface area (Å²) in [5, 5.41) is 10.1. The van der Waals surface area contributed by atoms with Crippen molar-refractivity contribution in [1.82, 2.24) is 9.88 Å². The van der Waals surface area contributed by atoms with E-state index in [0.717, 1.165) is 54.6 Å². The van der Waals surface area contributed by atoms with Crippen molar-refractivity contribution in [2.45, 2.75) is 37.8 Å². The van der Waals surface area contributed by atoms with E-state index in [4.69, 9.17) is 0 Å². The van der Waals surface area contributed by atoms with Gasteiger partial charge in [-0.15, -0.1) is 0 Å². The molecule has 3 atom stereocenters. The Balaban J connectivity index is 1.53. The number of amides is 1. The molecule has 1 amide bonds. The Morgan fingerprint density at radius 3 is 2.73 bits per heavy atom. The molecule has 0 radical (unpaired) electrons. The molecule has 0 bridgehead atoms. The molecule has 30 heavy (non-hydrogen) atoms. The summed E-state index contributed by atoms with van der Waals surface area (Å²) in [5.74, 6) is 7.18. The molecule has 2 aromatic rings. The maximum absolute atomic E-state index is 13.2. The third kappa shape index (κ3) is 3.16. The third-order valence-electron chi connectivity index (χ3n) is 7.10. The van der Waals surface area contributed by atoms with Crippen molar-refractivity contribution in [2.24, 2.45) is 11.8 Å². The number of hydrogen-bond donors (Lipinski definition) is 1. The number of likely N-dealkylation sites (tertiary alicyclic amines) is 1. The van der Waals surface area contributed by atoms with Crippen LogP contribution in [0.5, 0.6) is 0 Å². The highest BCUT2D eigenvalue weighted by molar-refractivity contribution is 5.81. The van der Waals surface area contributed by atoms with E-state index in [9.17, 15) is 9.90 Å². The van der Waals surface area contributed by atoms with Crippen LogP contribution in [0.15, 0.2) is 42.7 Å². The molecule has 1 N–H and O–H groups in total. The van der Waals surface area contributed by atoms with Gasteiger partial charge in [-0.3, -0.25) is 9.78 Å². The molecule has 0 unspecified atom stereocenters. The van der Waals surface area contributed by atoms with Crippen LogP contribution in [0, 0.1) is 23.7 Å². The zero-order valence-electron chi connectivity index (χ0n) is 17.3. The first-order chi connectivity index (χ1) is 14.7. The maximum Gasteiger partial charge on any atom is 0.226 e. The van der Waals surface area contributed by atoms with Gasteiger partial charge in [0.25, 0.3) is 0 Å². The van der Waals surface area contributed by atoms with Crippen molar-refractivity contribution in [1.29, 1.82) is 0 Å². The van der Waals surface area contributed by atoms with Crippen LogP contribution in [-0.2, 0) is 4.79 Å². The summed E-state index contributed by atoms with van der Waals surface area (Å²) in [5.41, 5.74) is 4.08. The normalized spacial score (nSPS) is 25.1. The van der Waals surface area contributed by atoms with E-state index in [2.05, 4.69) is 38.8 Å². The molecule has 1 aromatic carbocycles. The Morgan fingerprint density at radius 1 is 1.20 bits per heavy atom. The number of benzene rings is 1. The number of carbonyl (C=O) groups excluding carboxylic acids is 1. The molecule has 1 saturated carbocycles. The molecular formula is C25H27N3O2. The van der Waals surface area contributed by atoms with Gasteiger partial charge in [0.15, 0.2) is 0 Å². The SMILES string of the molecule is CN1c2ccc(C#Cc3cccnc3)cc2[C@@H]2[C@@H](CCN2C(=O)C2CCC2)[C@H]1CO. The lowest BCUT2D eigenvalue weighted by molar-refractivity contribution is -0.139. The van der Waals surface area contributed by atoms with Crippen molar-refractivity contribution < 1.29 is 9.90 Å². The monoisotopic (exact) mass is 401 g/mol. The van der Waals surface area contributed by atoms with Crippen LogP contribution in [0.4, 0.5) is 5.69 Å². The second-order valence-electron chi connectivity index (χ2n) is 8.68. The summed E-state index contributed by atoms with van der Waals surface area (Å²) in [6, 6.07) is 10.2. The number of rotatable bonds is 2. The second kappa shape index (κ2) is 7.77. The fourth-order valence-electron chi connectivity index (χ4n) is 5.25. The first kappa shape index (κ1) is 19.1. The van der Waals surface area contributed by atoms with Gasteiger partial charge in [0.05, 0.1) is 18.7 Å². The molecule has 3 aliphatic rings. The predicted octanol–water partition coefficient (Wildman–Crippen LogP) is 2.98. The molecule has 5 nitrogen and oxygen atoms in total. The molecule has 1 aliphatic carbocycles. The zero-order chi connectivity index (χ0) is 20.7. The molecule has 0 spiro atoms. The minimum absolute atomic E-state index is 0.0293. The molecule has 154 valence electrons. The van der Waals surface area contributed by atoms with Gasteiger partial charge in [-0.05, 0) is 55.2 Å². The fourth-order valence-corrected chi connectivity index (χ4v) is 5.25. The molecular weight excluding hydrogens is 374 g/mol. The lowest BCUT2D eigenvalue weighted by Crippen LogP contribution is -2.49. The summed E-state index contributed by atoms with van der Waals surface area (Å²) in [6.45, 7) is 0.880. The van der Waals surface area contributed by atoms with Crippen LogP contribution in [0.2, 0.25) is 0 Å². The van der Waals surface area contributed by atoms with E-state index < -0.39 is 0 Å². The van der Waals surface area contributed by atoms with E-state index in [-0.39, 0.29) is 30.5 Å². The Hall–Kier alpha value is -2.84. The van der Waals surface area contributed by atoms with Crippen LogP contribution in [0.3, 0.4) is 0 Å². The van der Waals surface area contributed by atoms with Crippen molar-refractivity contribution in [2.75, 3.05) is 25.1 Å². The van der Waals surface area contributed by atoms with Gasteiger partial charge in [-0.25, -0.2) is 0 Å². The number of aliphatic hydroxyl groups excluding tert-OH is 1. The van der Waals surface area contributed by atoms with Gasteiger partial charge in [0.1, 0.15) is 0 Å². The van der Waals surface area contributed by atoms with Crippen molar-refractivity contribution in [3.05, 3.63) is 59.4 Å². The number of likely N-dealkylation sites (N-methyl/N-ethyl adjacent to an activating group) is 1. The van der Waals surface area contributed by atoms with E-state index >= 15 is 0 Å². The highest BCUT2D eigenvalue weighted by atomic mass is 16.3. The first-order valence-electron chi connectivity index (χ1n) is 10.9. The molecule has 5 heteroatoms. The summed E-state index contributed by atoms with van der Waals surface area (Å²) < 4.78 is 0. The van der Waals surface area contributed by atoms with Crippen LogP contribution in [-0.4, -0.2) is 47.1 Å². The van der Waals surface area contributed by atoms with Crippen LogP contribution < -0.4 is 4.90 Å². The highest BCUT2D eigenvalue weighted by Gasteiger charge is 2.48. The Kier molecular flexibility index (Phi) is 4.96. The average Bonchev–Trinajstić information content (AvgIpc) is 3.17. The lowest BCUT2D eigenvalue weighted by Gasteiger charge is -2.45. The molecule has 1 saturated heterocycles. The molecule has 2 fully saturated rings. The molecule has 3 heterocycles. The molecule has 5 rings (SSSR count). The topological polar surface area (TPSA) is 56.7 Å². The number of pyridine rings is 1. The standard InChI is InChI=1S/C25H27N3O2/c1-27-22-10-9-17(7-8-18-4-3-12-26-15-18)14-21(22)24-20(23(27)16-29)11-13-28(24)25(30)19-5-2-6-19/h3-4,9-10,12,14-15,19-20,23-24,29H,2,5-6,11,13,16H2,1H3/t20-,23+,24-/m0/s1. The van der Waals surface area contributed by atoms with Crippen LogP contribution in [0.25, 0.3) is 0 Å². The van der Waals surface area contributed by atoms with Gasteiger partial charge >= 0.3 is 0 Å². The van der Waals surface area contributed by atoms with Gasteiger partial charge < -0.3 is 14.9 Å². The minimum Gasteiger partial charge on any atom is -0.394 e. The van der Waals surface area contributed by atoms with Gasteiger partial charge in [0, 0.05) is 54.6 Å². The van der Waals surface area contributed by atoms with Crippen molar-refractivity contribution in [3.8, 4) is 11.8 Å². The second-order valence-corrected chi connectivity index (χ2v) is 8.68. The van der Waals surface area contributed by atoms with E-state index in [0.29, 0.717) is 5.91 Å². The molecule has 1 aromatic heterocycles. The number of fused-ring (bicyclic) bond motifs is 3. The minimum atomic E-state index is 0.0293. The number of carbonyl (C=O) groups is 1. The molecule has 2 aliphatic heterocycles. The van der Waals surface area contributed by atoms with E-state index in [1.807, 2.05) is 25.2 Å². The average molecular weight is 402 g/mol. The number of nitrogens with zero attached hydrogens (tertiary/aromatic N) is 3. The number of aliphatic hydroxyl groups is 1. The van der Waals surface area contributed by atoms with Gasteiger partial charge in [-0.1, -0.05) is 18.3 Å². The van der Waals surface area contributed by atoms with Crippen LogP contribution in [0.1, 0.15) is 48.4 Å². The van der Waals surface area contributed by atoms with E-state index in [1.165, 1.54) is 0 Å². The lowest BCUT2D eigenvalue weighted by atomic mass is 9.80. The highest BCUT2D eigenvalue weighted by Crippen LogP contribution is 2.49. The zero-order valence-corrected chi connectivity index (χ0v) is 17.3. The van der Waals surface area contributed by atoms with Gasteiger partial charge in [0.2, 0.25) is 5.91 Å². The first-order valence-corrected chi connectivity index (χ1v) is 10.9. The fraction of sp³-hybridized carbons (Fsp3) is 0.440. The van der Waals surface area contributed by atoms with Crippen molar-refractivity contribution >= 4 is 11.6 Å². The summed E-state index contributed by atoms with van der Waals surface area (Å²) in [7, 11) is 2.05. The Morgan fingerprint density at radius 2 is 2.03 bits per heavy atom. The van der Waals surface area contributed by atoms with Crippen LogP contribution >= 0.6 is 0 Å². The maximum atomic E-state index is 13.2. The Labute approximate surface area is 177 Å². The van der Waals surface area contributed by atoms with Crippen molar-refractivity contribution in [3.63, 3.8) is 0 Å².